The number of likely N-dealkylation sites (N-methyl/N-ethyl adjacent to an activating group) is 1. The summed E-state index contributed by atoms with van der Waals surface area (Å²) < 4.78 is 29.3. The van der Waals surface area contributed by atoms with Crippen molar-refractivity contribution in [2.75, 3.05) is 57.9 Å². The molecule has 39 heavy (non-hydrogen) atoms. The molecule has 9 nitrogen and oxygen atoms in total. The minimum atomic E-state index is -3.89. The van der Waals surface area contributed by atoms with Gasteiger partial charge in [-0.15, -0.1) is 0 Å². The molecule has 11 heteroatoms. The molecule has 204 valence electrons. The van der Waals surface area contributed by atoms with Crippen molar-refractivity contribution in [1.82, 2.24) is 24.0 Å². The van der Waals surface area contributed by atoms with Crippen LogP contribution in [0.3, 0.4) is 0 Å². The SMILES string of the molecule is CN1CN2C3(CCN(c4ccncc4)CC3)CN3C(=O)CN(S(=O)(=O)c4ccc5cc(Cl)ccc5c4)CC32C1. The number of pyridine rings is 1. The van der Waals surface area contributed by atoms with Gasteiger partial charge < -0.3 is 9.80 Å². The van der Waals surface area contributed by atoms with Crippen LogP contribution in [0.2, 0.25) is 5.02 Å². The molecule has 2 spiro atoms. The lowest BCUT2D eigenvalue weighted by Gasteiger charge is -2.48. The van der Waals surface area contributed by atoms with Crippen LogP contribution in [0.5, 0.6) is 0 Å². The van der Waals surface area contributed by atoms with E-state index < -0.39 is 15.7 Å². The molecule has 1 aromatic heterocycles. The Kier molecular flexibility index (Phi) is 5.74. The van der Waals surface area contributed by atoms with Crippen molar-refractivity contribution in [1.29, 1.82) is 0 Å². The van der Waals surface area contributed by atoms with E-state index in [2.05, 4.69) is 26.7 Å². The number of amides is 1. The van der Waals surface area contributed by atoms with Gasteiger partial charge in [0, 0.05) is 54.8 Å². The summed E-state index contributed by atoms with van der Waals surface area (Å²) >= 11 is 6.12. The summed E-state index contributed by atoms with van der Waals surface area (Å²) in [6, 6.07) is 14.5. The van der Waals surface area contributed by atoms with E-state index in [1.807, 2.05) is 41.6 Å². The van der Waals surface area contributed by atoms with E-state index in [0.29, 0.717) is 24.8 Å². The largest absolute Gasteiger partial charge is 0.371 e. The first kappa shape index (κ1) is 25.2. The van der Waals surface area contributed by atoms with Gasteiger partial charge in [0.25, 0.3) is 0 Å². The summed E-state index contributed by atoms with van der Waals surface area (Å²) in [6.45, 7) is 3.87. The van der Waals surface area contributed by atoms with Crippen LogP contribution in [-0.4, -0.2) is 103 Å². The maximum absolute atomic E-state index is 14.0. The third-order valence-electron chi connectivity index (χ3n) is 9.11. The molecule has 0 bridgehead atoms. The number of rotatable bonds is 3. The maximum Gasteiger partial charge on any atom is 0.243 e. The Bertz CT molecular complexity index is 1560. The fourth-order valence-corrected chi connectivity index (χ4v) is 8.90. The standard InChI is InChI=1S/C28H31ClN6O3S/c1-31-18-28-19-33(39(37,38)25-5-3-21-14-23(29)4-2-22(21)15-25)16-26(36)34(28)17-27(35(28)20-31)8-12-32(13-9-27)24-6-10-30-11-7-24/h2-7,10-11,14-15H,8-9,12-13,16-20H2,1H3. The summed E-state index contributed by atoms with van der Waals surface area (Å²) in [5.41, 5.74) is 0.321. The number of carbonyl (C=O) groups excluding carboxylic acids is 1. The number of nitrogens with zero attached hydrogens (tertiary/aromatic N) is 6. The second-order valence-corrected chi connectivity index (χ2v) is 13.8. The van der Waals surface area contributed by atoms with Crippen LogP contribution in [0, 0.1) is 0 Å². The first-order valence-corrected chi connectivity index (χ1v) is 15.1. The highest BCUT2D eigenvalue weighted by molar-refractivity contribution is 7.89. The van der Waals surface area contributed by atoms with E-state index in [0.717, 1.165) is 42.4 Å². The lowest BCUT2D eigenvalue weighted by molar-refractivity contribution is -0.144. The Morgan fingerprint density at radius 1 is 0.923 bits per heavy atom. The average molecular weight is 567 g/mol. The quantitative estimate of drug-likeness (QED) is 0.482. The predicted molar refractivity (Wildman–Crippen MR) is 150 cm³/mol. The Labute approximate surface area is 233 Å². The minimum Gasteiger partial charge on any atom is -0.371 e. The fraction of sp³-hybridized carbons (Fsp3) is 0.429. The van der Waals surface area contributed by atoms with Crippen molar-refractivity contribution in [3.63, 3.8) is 0 Å². The summed E-state index contributed by atoms with van der Waals surface area (Å²) in [5, 5.41) is 2.28. The number of hydrogen-bond donors (Lipinski definition) is 0. The van der Waals surface area contributed by atoms with Crippen molar-refractivity contribution in [3.05, 3.63) is 65.9 Å². The highest BCUT2D eigenvalue weighted by Crippen LogP contribution is 2.49. The second kappa shape index (κ2) is 8.87. The Morgan fingerprint density at radius 2 is 1.64 bits per heavy atom. The molecular weight excluding hydrogens is 536 g/mol. The molecule has 1 amide bonds. The van der Waals surface area contributed by atoms with Gasteiger partial charge in [-0.25, -0.2) is 8.42 Å². The molecule has 4 saturated heterocycles. The van der Waals surface area contributed by atoms with Gasteiger partial charge in [0.1, 0.15) is 5.66 Å². The zero-order valence-corrected chi connectivity index (χ0v) is 23.4. The van der Waals surface area contributed by atoms with Crippen LogP contribution in [-0.2, 0) is 14.8 Å². The molecule has 7 rings (SSSR count). The number of hydrogen-bond acceptors (Lipinski definition) is 7. The number of piperazine rings is 1. The van der Waals surface area contributed by atoms with E-state index >= 15 is 0 Å². The van der Waals surface area contributed by atoms with Gasteiger partial charge in [-0.3, -0.25) is 19.6 Å². The predicted octanol–water partition coefficient (Wildman–Crippen LogP) is 2.68. The van der Waals surface area contributed by atoms with Gasteiger partial charge in [0.15, 0.2) is 0 Å². The number of carbonyl (C=O) groups is 1. The van der Waals surface area contributed by atoms with Gasteiger partial charge in [-0.2, -0.15) is 4.31 Å². The number of benzene rings is 2. The first-order chi connectivity index (χ1) is 18.7. The van der Waals surface area contributed by atoms with Crippen molar-refractivity contribution in [2.24, 2.45) is 0 Å². The third kappa shape index (κ3) is 3.88. The van der Waals surface area contributed by atoms with E-state index in [1.54, 1.807) is 24.3 Å². The molecule has 0 N–H and O–H groups in total. The van der Waals surface area contributed by atoms with Crippen molar-refractivity contribution >= 4 is 44.0 Å². The number of piperidine rings is 1. The monoisotopic (exact) mass is 566 g/mol. The number of aromatic nitrogens is 1. The van der Waals surface area contributed by atoms with Crippen molar-refractivity contribution < 1.29 is 13.2 Å². The van der Waals surface area contributed by atoms with Crippen LogP contribution >= 0.6 is 11.6 Å². The molecule has 0 radical (unpaired) electrons. The smallest absolute Gasteiger partial charge is 0.243 e. The first-order valence-electron chi connectivity index (χ1n) is 13.3. The second-order valence-electron chi connectivity index (χ2n) is 11.4. The lowest BCUT2D eigenvalue weighted by Crippen LogP contribution is -2.68. The molecule has 2 aromatic carbocycles. The van der Waals surface area contributed by atoms with Gasteiger partial charge >= 0.3 is 0 Å². The summed E-state index contributed by atoms with van der Waals surface area (Å²) in [6.07, 6.45) is 5.46. The van der Waals surface area contributed by atoms with E-state index in [9.17, 15) is 13.2 Å². The highest BCUT2D eigenvalue weighted by Gasteiger charge is 2.66. The van der Waals surface area contributed by atoms with Crippen LogP contribution in [0.15, 0.2) is 65.8 Å². The highest BCUT2D eigenvalue weighted by atomic mass is 35.5. The van der Waals surface area contributed by atoms with E-state index in [1.165, 1.54) is 4.31 Å². The lowest BCUT2D eigenvalue weighted by atomic mass is 9.86. The third-order valence-corrected chi connectivity index (χ3v) is 11.1. The summed E-state index contributed by atoms with van der Waals surface area (Å²) in [7, 11) is -1.84. The topological polar surface area (TPSA) is 80.3 Å². The normalized spacial score (nSPS) is 25.9. The number of halogens is 1. The van der Waals surface area contributed by atoms with Crippen LogP contribution in [0.25, 0.3) is 10.8 Å². The molecule has 1 unspecified atom stereocenters. The zero-order valence-electron chi connectivity index (χ0n) is 21.8. The molecular formula is C28H31ClN6O3S. The molecule has 1 atom stereocenters. The zero-order chi connectivity index (χ0) is 27.0. The Morgan fingerprint density at radius 3 is 2.41 bits per heavy atom. The maximum atomic E-state index is 14.0. The molecule has 3 aromatic rings. The van der Waals surface area contributed by atoms with Gasteiger partial charge in [0.05, 0.1) is 24.7 Å². The van der Waals surface area contributed by atoms with Gasteiger partial charge in [0.2, 0.25) is 15.9 Å². The van der Waals surface area contributed by atoms with Gasteiger partial charge in [-0.05, 0) is 67.1 Å². The molecule has 0 aliphatic carbocycles. The Hall–Kier alpha value is -2.76. The van der Waals surface area contributed by atoms with Crippen molar-refractivity contribution in [3.8, 4) is 0 Å². The number of anilines is 1. The number of sulfonamides is 1. The minimum absolute atomic E-state index is 0.119. The van der Waals surface area contributed by atoms with Crippen molar-refractivity contribution in [2.45, 2.75) is 28.9 Å². The fourth-order valence-electron chi connectivity index (χ4n) is 7.24. The van der Waals surface area contributed by atoms with Crippen LogP contribution < -0.4 is 4.90 Å². The molecule has 4 aliphatic heterocycles. The van der Waals surface area contributed by atoms with Crippen LogP contribution in [0.4, 0.5) is 5.69 Å². The average Bonchev–Trinajstić information content (AvgIpc) is 3.39. The summed E-state index contributed by atoms with van der Waals surface area (Å²) in [5.74, 6) is -0.119. The molecule has 4 aliphatic rings. The van der Waals surface area contributed by atoms with Crippen LogP contribution in [0.1, 0.15) is 12.8 Å². The molecule has 0 saturated carbocycles. The number of fused-ring (bicyclic) bond motifs is 2. The summed E-state index contributed by atoms with van der Waals surface area (Å²) in [4.78, 5) is 27.1. The molecule has 5 heterocycles. The van der Waals surface area contributed by atoms with E-state index in [4.69, 9.17) is 11.6 Å². The van der Waals surface area contributed by atoms with E-state index in [-0.39, 0.29) is 29.4 Å². The molecule has 4 fully saturated rings. The Balaban J connectivity index is 1.20. The van der Waals surface area contributed by atoms with Gasteiger partial charge in [-0.1, -0.05) is 23.7 Å².